The van der Waals surface area contributed by atoms with E-state index in [4.69, 9.17) is 37.7 Å². The Kier molecular flexibility index (Phi) is 9.65. The van der Waals surface area contributed by atoms with E-state index in [2.05, 4.69) is 20.9 Å². The first-order valence-corrected chi connectivity index (χ1v) is 13.0. The van der Waals surface area contributed by atoms with Gasteiger partial charge in [-0.15, -0.1) is 0 Å². The summed E-state index contributed by atoms with van der Waals surface area (Å²) in [6, 6.07) is 6.69. The fourth-order valence-electron chi connectivity index (χ4n) is 4.64. The average Bonchev–Trinajstić information content (AvgIpc) is 2.87. The van der Waals surface area contributed by atoms with Gasteiger partial charge < -0.3 is 25.4 Å². The number of halogens is 2. The molecule has 0 spiro atoms. The van der Waals surface area contributed by atoms with E-state index in [1.54, 1.807) is 13.3 Å². The first kappa shape index (κ1) is 25.5. The van der Waals surface area contributed by atoms with Crippen molar-refractivity contribution in [3.05, 3.63) is 34.4 Å². The molecule has 9 heteroatoms. The van der Waals surface area contributed by atoms with Crippen LogP contribution in [0.25, 0.3) is 11.3 Å². The lowest BCUT2D eigenvalue weighted by molar-refractivity contribution is 0.0699. The minimum absolute atomic E-state index is 0.387. The Hall–Kier alpha value is -1.64. The molecule has 2 aromatic heterocycles. The molecule has 186 valence electrons. The molecule has 0 bridgehead atoms. The van der Waals surface area contributed by atoms with Crippen LogP contribution in [0.2, 0.25) is 10.0 Å². The van der Waals surface area contributed by atoms with Gasteiger partial charge in [0.1, 0.15) is 11.6 Å². The summed E-state index contributed by atoms with van der Waals surface area (Å²) in [6.45, 7) is 4.19. The van der Waals surface area contributed by atoms with Crippen molar-refractivity contribution in [3.8, 4) is 11.3 Å². The highest BCUT2D eigenvalue weighted by Crippen LogP contribution is 2.34. The highest BCUT2D eigenvalue weighted by Gasteiger charge is 2.22. The Morgan fingerprint density at radius 2 is 1.76 bits per heavy atom. The number of methoxy groups -OCH3 is 1. The lowest BCUT2D eigenvalue weighted by Gasteiger charge is -2.30. The first-order valence-electron chi connectivity index (χ1n) is 12.3. The number of ether oxygens (including phenoxy) is 2. The molecule has 0 amide bonds. The van der Waals surface area contributed by atoms with E-state index in [1.807, 2.05) is 18.2 Å². The van der Waals surface area contributed by atoms with E-state index in [0.717, 1.165) is 88.6 Å². The molecule has 4 rings (SSSR count). The standard InChI is InChI=1S/C25H35Cl2N5O2/c1-33-13-10-28-18-2-4-19(5-3-18)31-24-14-20(22(27)16-30-24)25-21(26)6-7-23(32-25)29-15-17-8-11-34-12-9-17/h6-7,14,16-19,28H,2-5,8-13,15H2,1H3,(H,29,32)(H,30,31)/t18-,19-. The van der Waals surface area contributed by atoms with Gasteiger partial charge in [-0.2, -0.15) is 0 Å². The number of pyridine rings is 2. The zero-order chi connectivity index (χ0) is 23.8. The van der Waals surface area contributed by atoms with Gasteiger partial charge in [0.2, 0.25) is 0 Å². The van der Waals surface area contributed by atoms with E-state index in [1.165, 1.54) is 0 Å². The van der Waals surface area contributed by atoms with Gasteiger partial charge in [0.25, 0.3) is 0 Å². The lowest BCUT2D eigenvalue weighted by atomic mass is 9.91. The van der Waals surface area contributed by atoms with Crippen molar-refractivity contribution in [1.29, 1.82) is 0 Å². The maximum atomic E-state index is 6.54. The molecule has 1 aliphatic carbocycles. The summed E-state index contributed by atoms with van der Waals surface area (Å²) in [5, 5.41) is 11.7. The normalized spacial score (nSPS) is 21.4. The van der Waals surface area contributed by atoms with E-state index < -0.39 is 0 Å². The molecular formula is C25H35Cl2N5O2. The average molecular weight is 508 g/mol. The van der Waals surface area contributed by atoms with Crippen LogP contribution in [0.3, 0.4) is 0 Å². The van der Waals surface area contributed by atoms with E-state index in [9.17, 15) is 0 Å². The van der Waals surface area contributed by atoms with Crippen molar-refractivity contribution >= 4 is 34.8 Å². The third-order valence-electron chi connectivity index (χ3n) is 6.69. The van der Waals surface area contributed by atoms with Crippen LogP contribution in [0.1, 0.15) is 38.5 Å². The van der Waals surface area contributed by atoms with Crippen molar-refractivity contribution in [2.24, 2.45) is 5.92 Å². The molecule has 0 aromatic carbocycles. The number of nitrogens with zero attached hydrogens (tertiary/aromatic N) is 2. The summed E-state index contributed by atoms with van der Waals surface area (Å²) >= 11 is 13.1. The third kappa shape index (κ3) is 7.18. The topological polar surface area (TPSA) is 80.3 Å². The zero-order valence-corrected chi connectivity index (χ0v) is 21.3. The molecule has 3 N–H and O–H groups in total. The van der Waals surface area contributed by atoms with Crippen molar-refractivity contribution < 1.29 is 9.47 Å². The van der Waals surface area contributed by atoms with Crippen molar-refractivity contribution in [2.45, 2.75) is 50.6 Å². The second-order valence-electron chi connectivity index (χ2n) is 9.15. The molecule has 2 fully saturated rings. The Morgan fingerprint density at radius 1 is 1.00 bits per heavy atom. The Labute approximate surface area is 212 Å². The summed E-state index contributed by atoms with van der Waals surface area (Å²) in [4.78, 5) is 9.30. The lowest BCUT2D eigenvalue weighted by Crippen LogP contribution is -2.38. The summed E-state index contributed by atoms with van der Waals surface area (Å²) in [5.41, 5.74) is 1.45. The number of hydrogen-bond acceptors (Lipinski definition) is 7. The van der Waals surface area contributed by atoms with Crippen LogP contribution in [-0.2, 0) is 9.47 Å². The predicted molar refractivity (Wildman–Crippen MR) is 139 cm³/mol. The van der Waals surface area contributed by atoms with Crippen molar-refractivity contribution in [2.75, 3.05) is 50.7 Å². The second-order valence-corrected chi connectivity index (χ2v) is 9.97. The van der Waals surface area contributed by atoms with Gasteiger partial charge in [0, 0.05) is 57.3 Å². The van der Waals surface area contributed by atoms with Crippen molar-refractivity contribution in [1.82, 2.24) is 15.3 Å². The molecule has 1 saturated heterocycles. The summed E-state index contributed by atoms with van der Waals surface area (Å²) in [7, 11) is 1.73. The van der Waals surface area contributed by atoms with E-state index in [-0.39, 0.29) is 0 Å². The van der Waals surface area contributed by atoms with Gasteiger partial charge in [-0.1, -0.05) is 23.2 Å². The number of anilines is 2. The van der Waals surface area contributed by atoms with Gasteiger partial charge in [-0.05, 0) is 62.6 Å². The number of rotatable bonds is 10. The molecule has 0 radical (unpaired) electrons. The van der Waals surface area contributed by atoms with Crippen molar-refractivity contribution in [3.63, 3.8) is 0 Å². The molecule has 0 atom stereocenters. The second kappa shape index (κ2) is 12.9. The number of nitrogens with one attached hydrogen (secondary N) is 3. The van der Waals surface area contributed by atoms with E-state index >= 15 is 0 Å². The highest BCUT2D eigenvalue weighted by atomic mass is 35.5. The zero-order valence-electron chi connectivity index (χ0n) is 19.8. The van der Waals surface area contributed by atoms with Crippen LogP contribution >= 0.6 is 23.2 Å². The van der Waals surface area contributed by atoms with Gasteiger partial charge in [0.15, 0.2) is 0 Å². The van der Waals surface area contributed by atoms with Crippen LogP contribution < -0.4 is 16.0 Å². The van der Waals surface area contributed by atoms with Crippen LogP contribution in [0.5, 0.6) is 0 Å². The van der Waals surface area contributed by atoms with Gasteiger partial charge in [0.05, 0.1) is 22.3 Å². The van der Waals surface area contributed by atoms with Crippen LogP contribution in [-0.4, -0.2) is 62.1 Å². The highest BCUT2D eigenvalue weighted by molar-refractivity contribution is 6.36. The molecule has 1 aliphatic heterocycles. The minimum Gasteiger partial charge on any atom is -0.383 e. The first-order chi connectivity index (χ1) is 16.6. The maximum absolute atomic E-state index is 6.54. The van der Waals surface area contributed by atoms with Crippen LogP contribution in [0.15, 0.2) is 24.4 Å². The quantitative estimate of drug-likeness (QED) is 0.379. The molecule has 2 aliphatic rings. The molecule has 0 unspecified atom stereocenters. The Morgan fingerprint density at radius 3 is 2.53 bits per heavy atom. The van der Waals surface area contributed by atoms with Crippen LogP contribution in [0, 0.1) is 5.92 Å². The fraction of sp³-hybridized carbons (Fsp3) is 0.600. The summed E-state index contributed by atoms with van der Waals surface area (Å²) < 4.78 is 10.6. The largest absolute Gasteiger partial charge is 0.383 e. The van der Waals surface area contributed by atoms with E-state index in [0.29, 0.717) is 33.7 Å². The SMILES string of the molecule is COCCN[C@H]1CC[C@H](Nc2cc(-c3nc(NCC4CCOCC4)ccc3Cl)c(Cl)cn2)CC1. The summed E-state index contributed by atoms with van der Waals surface area (Å²) in [6.07, 6.45) is 8.28. The maximum Gasteiger partial charge on any atom is 0.126 e. The minimum atomic E-state index is 0.387. The summed E-state index contributed by atoms with van der Waals surface area (Å²) in [5.74, 6) is 2.20. The molecule has 3 heterocycles. The molecule has 34 heavy (non-hydrogen) atoms. The van der Waals surface area contributed by atoms with Crippen LogP contribution in [0.4, 0.5) is 11.6 Å². The molecular weight excluding hydrogens is 473 g/mol. The van der Waals surface area contributed by atoms with Gasteiger partial charge in [-0.3, -0.25) is 0 Å². The molecule has 2 aromatic rings. The Bertz CT molecular complexity index is 918. The third-order valence-corrected chi connectivity index (χ3v) is 7.29. The smallest absolute Gasteiger partial charge is 0.126 e. The fourth-order valence-corrected chi connectivity index (χ4v) is 5.04. The molecule has 1 saturated carbocycles. The van der Waals surface area contributed by atoms with Gasteiger partial charge in [-0.25, -0.2) is 9.97 Å². The molecule has 7 nitrogen and oxygen atoms in total. The Balaban J connectivity index is 1.39. The predicted octanol–water partition coefficient (Wildman–Crippen LogP) is 5.25. The number of hydrogen-bond donors (Lipinski definition) is 3. The monoisotopic (exact) mass is 507 g/mol. The number of aromatic nitrogens is 2. The van der Waals surface area contributed by atoms with Gasteiger partial charge >= 0.3 is 0 Å².